The second-order valence-corrected chi connectivity index (χ2v) is 5.24. The van der Waals surface area contributed by atoms with Crippen molar-refractivity contribution in [1.29, 1.82) is 0 Å². The largest absolute Gasteiger partial charge is 0.398 e. The number of Topliss-reactive ketones (excluding diaryl/α,β-unsaturated/α-hetero) is 1. The van der Waals surface area contributed by atoms with Crippen LogP contribution in [0.2, 0.25) is 0 Å². The minimum atomic E-state index is -0.0881. The van der Waals surface area contributed by atoms with E-state index in [0.29, 0.717) is 17.4 Å². The number of nitrogen functional groups attached to an aromatic ring is 1. The highest BCUT2D eigenvalue weighted by molar-refractivity contribution is 5.96. The number of hydrogen-bond acceptors (Lipinski definition) is 6. The third-order valence-electron chi connectivity index (χ3n) is 3.77. The van der Waals surface area contributed by atoms with E-state index in [1.54, 1.807) is 29.3 Å². The van der Waals surface area contributed by atoms with Gasteiger partial charge in [0.25, 0.3) is 0 Å². The molecule has 0 aliphatic carbocycles. The Bertz CT molecular complexity index is 632. The third kappa shape index (κ3) is 3.08. The van der Waals surface area contributed by atoms with Gasteiger partial charge in [0.2, 0.25) is 0 Å². The van der Waals surface area contributed by atoms with Crippen LogP contribution in [0.4, 0.5) is 5.69 Å². The predicted molar refractivity (Wildman–Crippen MR) is 77.8 cm³/mol. The molecule has 0 unspecified atom stereocenters. The molecule has 0 aromatic carbocycles. The van der Waals surface area contributed by atoms with Gasteiger partial charge in [-0.05, 0) is 32.0 Å². The number of carbonyl (C=O) groups is 1. The normalized spacial score (nSPS) is 16.0. The van der Waals surface area contributed by atoms with E-state index >= 15 is 0 Å². The molecule has 2 aromatic heterocycles. The maximum absolute atomic E-state index is 12.3. The number of hydrogen-bond donors (Lipinski definition) is 2. The van der Waals surface area contributed by atoms with Crippen LogP contribution in [0.25, 0.3) is 0 Å². The molecular weight excluding hydrogens is 268 g/mol. The molecule has 0 spiro atoms. The molecule has 0 saturated carbocycles. The summed E-state index contributed by atoms with van der Waals surface area (Å²) in [5, 5.41) is 11.4. The summed E-state index contributed by atoms with van der Waals surface area (Å²) in [4.78, 5) is 16.2. The zero-order valence-electron chi connectivity index (χ0n) is 11.7. The van der Waals surface area contributed by atoms with E-state index in [2.05, 4.69) is 20.6 Å². The molecule has 0 amide bonds. The van der Waals surface area contributed by atoms with Crippen LogP contribution in [0.15, 0.2) is 24.7 Å². The standard InChI is InChI=1S/C14H18N6O/c15-12-3-6-17-8-10(12)7-14(21)13-9-20(19-18-13)11-1-4-16-5-2-11/h3,6,8-9,11,16H,1-2,4-5,7H2,(H2,15,17). The van der Waals surface area contributed by atoms with Crippen molar-refractivity contribution < 1.29 is 4.79 Å². The fourth-order valence-corrected chi connectivity index (χ4v) is 2.50. The van der Waals surface area contributed by atoms with Crippen LogP contribution in [-0.2, 0) is 6.42 Å². The Balaban J connectivity index is 1.71. The second kappa shape index (κ2) is 6.01. The van der Waals surface area contributed by atoms with Crippen molar-refractivity contribution in [3.8, 4) is 0 Å². The fraction of sp³-hybridized carbons (Fsp3) is 0.429. The van der Waals surface area contributed by atoms with Crippen molar-refractivity contribution in [2.75, 3.05) is 18.8 Å². The number of anilines is 1. The summed E-state index contributed by atoms with van der Waals surface area (Å²) in [6.45, 7) is 1.94. The predicted octanol–water partition coefficient (Wildman–Crippen LogP) is 0.605. The van der Waals surface area contributed by atoms with E-state index in [4.69, 9.17) is 5.73 Å². The van der Waals surface area contributed by atoms with E-state index in [1.165, 1.54) is 0 Å². The van der Waals surface area contributed by atoms with Crippen molar-refractivity contribution >= 4 is 11.5 Å². The Hall–Kier alpha value is -2.28. The van der Waals surface area contributed by atoms with Crippen molar-refractivity contribution in [3.63, 3.8) is 0 Å². The first kappa shape index (κ1) is 13.7. The zero-order chi connectivity index (χ0) is 14.7. The Kier molecular flexibility index (Phi) is 3.92. The number of ketones is 1. The van der Waals surface area contributed by atoms with Gasteiger partial charge < -0.3 is 11.1 Å². The molecule has 3 N–H and O–H groups in total. The van der Waals surface area contributed by atoms with Crippen LogP contribution in [-0.4, -0.2) is 38.9 Å². The molecule has 21 heavy (non-hydrogen) atoms. The number of nitrogens with zero attached hydrogens (tertiary/aromatic N) is 4. The van der Waals surface area contributed by atoms with Gasteiger partial charge in [-0.2, -0.15) is 0 Å². The van der Waals surface area contributed by atoms with Crippen LogP contribution >= 0.6 is 0 Å². The molecule has 1 aliphatic heterocycles. The van der Waals surface area contributed by atoms with E-state index in [9.17, 15) is 4.79 Å². The van der Waals surface area contributed by atoms with Gasteiger partial charge in [0.05, 0.1) is 12.2 Å². The first-order valence-electron chi connectivity index (χ1n) is 7.08. The highest BCUT2D eigenvalue weighted by Gasteiger charge is 2.19. The molecular formula is C14H18N6O. The molecule has 7 heteroatoms. The molecule has 1 fully saturated rings. The first-order valence-corrected chi connectivity index (χ1v) is 7.08. The smallest absolute Gasteiger partial charge is 0.189 e. The van der Waals surface area contributed by atoms with Crippen LogP contribution in [0.5, 0.6) is 0 Å². The van der Waals surface area contributed by atoms with Crippen LogP contribution < -0.4 is 11.1 Å². The van der Waals surface area contributed by atoms with Crippen LogP contribution in [0.1, 0.15) is 34.9 Å². The third-order valence-corrected chi connectivity index (χ3v) is 3.77. The number of piperidine rings is 1. The lowest BCUT2D eigenvalue weighted by Gasteiger charge is -2.22. The molecule has 3 rings (SSSR count). The molecule has 0 bridgehead atoms. The van der Waals surface area contributed by atoms with Gasteiger partial charge in [0.15, 0.2) is 5.78 Å². The molecule has 110 valence electrons. The molecule has 0 radical (unpaired) electrons. The lowest BCUT2D eigenvalue weighted by Crippen LogP contribution is -2.29. The number of rotatable bonds is 4. The minimum absolute atomic E-state index is 0.0881. The number of nitrogens with one attached hydrogen (secondary N) is 1. The van der Waals surface area contributed by atoms with Crippen molar-refractivity contribution in [2.24, 2.45) is 0 Å². The van der Waals surface area contributed by atoms with Gasteiger partial charge in [0.1, 0.15) is 5.69 Å². The number of pyridine rings is 1. The number of carbonyl (C=O) groups excluding carboxylic acids is 1. The fourth-order valence-electron chi connectivity index (χ4n) is 2.50. The van der Waals surface area contributed by atoms with Crippen molar-refractivity contribution in [3.05, 3.63) is 35.9 Å². The van der Waals surface area contributed by atoms with Gasteiger partial charge in [-0.25, -0.2) is 4.68 Å². The number of nitrogens with two attached hydrogens (primary N) is 1. The second-order valence-electron chi connectivity index (χ2n) is 5.24. The summed E-state index contributed by atoms with van der Waals surface area (Å²) in [6.07, 6.45) is 7.18. The molecule has 7 nitrogen and oxygen atoms in total. The van der Waals surface area contributed by atoms with Crippen molar-refractivity contribution in [1.82, 2.24) is 25.3 Å². The molecule has 0 atom stereocenters. The summed E-state index contributed by atoms with van der Waals surface area (Å²) >= 11 is 0. The van der Waals surface area contributed by atoms with Gasteiger partial charge in [-0.15, -0.1) is 5.10 Å². The summed E-state index contributed by atoms with van der Waals surface area (Å²) < 4.78 is 1.81. The Morgan fingerprint density at radius 3 is 3.00 bits per heavy atom. The maximum atomic E-state index is 12.3. The summed E-state index contributed by atoms with van der Waals surface area (Å²) in [5.41, 5.74) is 7.51. The highest BCUT2D eigenvalue weighted by atomic mass is 16.1. The quantitative estimate of drug-likeness (QED) is 0.799. The van der Waals surface area contributed by atoms with Crippen LogP contribution in [0.3, 0.4) is 0 Å². The molecule has 1 aliphatic rings. The van der Waals surface area contributed by atoms with E-state index in [1.807, 2.05) is 0 Å². The Morgan fingerprint density at radius 1 is 1.43 bits per heavy atom. The van der Waals surface area contributed by atoms with Gasteiger partial charge in [0, 0.05) is 30.1 Å². The van der Waals surface area contributed by atoms with E-state index in [-0.39, 0.29) is 12.2 Å². The van der Waals surface area contributed by atoms with Gasteiger partial charge in [-0.3, -0.25) is 9.78 Å². The molecule has 1 saturated heterocycles. The summed E-state index contributed by atoms with van der Waals surface area (Å²) in [6, 6.07) is 2.01. The average molecular weight is 286 g/mol. The minimum Gasteiger partial charge on any atom is -0.398 e. The Morgan fingerprint density at radius 2 is 2.24 bits per heavy atom. The van der Waals surface area contributed by atoms with Gasteiger partial charge in [-0.1, -0.05) is 5.21 Å². The van der Waals surface area contributed by atoms with Crippen LogP contribution in [0, 0.1) is 0 Å². The first-order chi connectivity index (χ1) is 10.2. The lowest BCUT2D eigenvalue weighted by molar-refractivity contribution is 0.0988. The summed E-state index contributed by atoms with van der Waals surface area (Å²) in [5.74, 6) is -0.0881. The van der Waals surface area contributed by atoms with Gasteiger partial charge >= 0.3 is 0 Å². The van der Waals surface area contributed by atoms with Crippen molar-refractivity contribution in [2.45, 2.75) is 25.3 Å². The number of aromatic nitrogens is 4. The van der Waals surface area contributed by atoms with E-state index in [0.717, 1.165) is 31.5 Å². The Labute approximate surface area is 122 Å². The topological polar surface area (TPSA) is 98.7 Å². The average Bonchev–Trinajstić information content (AvgIpc) is 3.00. The molecule has 3 heterocycles. The maximum Gasteiger partial charge on any atom is 0.189 e. The zero-order valence-corrected chi connectivity index (χ0v) is 11.7. The molecule has 2 aromatic rings. The lowest BCUT2D eigenvalue weighted by atomic mass is 10.1. The van der Waals surface area contributed by atoms with E-state index < -0.39 is 0 Å². The summed E-state index contributed by atoms with van der Waals surface area (Å²) in [7, 11) is 0. The monoisotopic (exact) mass is 286 g/mol. The highest BCUT2D eigenvalue weighted by Crippen LogP contribution is 2.18. The SMILES string of the molecule is Nc1ccncc1CC(=O)c1cn(C2CCNCC2)nn1.